The van der Waals surface area contributed by atoms with E-state index in [1.54, 1.807) is 60.7 Å². The molecule has 4 rings (SSSR count). The molecule has 9 heteroatoms. The molecule has 1 aliphatic rings. The fourth-order valence-electron chi connectivity index (χ4n) is 3.16. The highest BCUT2D eigenvalue weighted by molar-refractivity contribution is 6.35. The predicted molar refractivity (Wildman–Crippen MR) is 129 cm³/mol. The lowest BCUT2D eigenvalue weighted by atomic mass is 10.1. The third-order valence-electron chi connectivity index (χ3n) is 4.93. The largest absolute Gasteiger partial charge is 0.454 e. The minimum Gasteiger partial charge on any atom is -0.454 e. The third-order valence-corrected chi connectivity index (χ3v) is 5.52. The van der Waals surface area contributed by atoms with Crippen molar-refractivity contribution in [3.8, 4) is 17.6 Å². The summed E-state index contributed by atoms with van der Waals surface area (Å²) in [5.74, 6) is 0.290. The van der Waals surface area contributed by atoms with Crippen molar-refractivity contribution in [2.75, 3.05) is 12.1 Å². The molecule has 170 valence electrons. The van der Waals surface area contributed by atoms with Gasteiger partial charge in [0.2, 0.25) is 6.79 Å². The van der Waals surface area contributed by atoms with Crippen LogP contribution in [0.4, 0.5) is 5.69 Å². The summed E-state index contributed by atoms with van der Waals surface area (Å²) in [4.78, 5) is 25.0. The Labute approximate surface area is 205 Å². The zero-order valence-corrected chi connectivity index (χ0v) is 19.1. The molecule has 3 aromatic rings. The molecule has 0 bridgehead atoms. The van der Waals surface area contributed by atoms with Crippen LogP contribution < -0.4 is 20.1 Å². The van der Waals surface area contributed by atoms with Crippen molar-refractivity contribution in [3.63, 3.8) is 0 Å². The summed E-state index contributed by atoms with van der Waals surface area (Å²) in [6.07, 6.45) is 1.46. The SMILES string of the molecule is N#C/C(=C\c1ccc2c(c1)OCO2)C(=O)Nc1ccc(C(=O)NCc2ccc(Cl)cc2Cl)cc1. The lowest BCUT2D eigenvalue weighted by molar-refractivity contribution is -0.112. The number of nitrogens with zero attached hydrogens (tertiary/aromatic N) is 1. The summed E-state index contributed by atoms with van der Waals surface area (Å²) >= 11 is 12.0. The van der Waals surface area contributed by atoms with E-state index >= 15 is 0 Å². The second kappa shape index (κ2) is 10.3. The maximum atomic E-state index is 12.6. The Morgan fingerprint density at radius 2 is 1.76 bits per heavy atom. The molecule has 0 fully saturated rings. The number of nitriles is 1. The van der Waals surface area contributed by atoms with Crippen molar-refractivity contribution in [1.82, 2.24) is 5.32 Å². The van der Waals surface area contributed by atoms with Gasteiger partial charge in [0.1, 0.15) is 11.6 Å². The molecule has 1 aliphatic heterocycles. The van der Waals surface area contributed by atoms with Crippen molar-refractivity contribution in [3.05, 3.63) is 93.0 Å². The van der Waals surface area contributed by atoms with Gasteiger partial charge in [-0.15, -0.1) is 0 Å². The number of anilines is 1. The van der Waals surface area contributed by atoms with Gasteiger partial charge in [-0.05, 0) is 65.7 Å². The fraction of sp³-hybridized carbons (Fsp3) is 0.0800. The lowest BCUT2D eigenvalue weighted by Gasteiger charge is -2.09. The van der Waals surface area contributed by atoms with Crippen LogP contribution in [0.5, 0.6) is 11.5 Å². The molecule has 0 unspecified atom stereocenters. The van der Waals surface area contributed by atoms with E-state index in [0.717, 1.165) is 5.56 Å². The molecular formula is C25H17Cl2N3O4. The number of nitrogens with one attached hydrogen (secondary N) is 2. The molecule has 0 radical (unpaired) electrons. The second-order valence-electron chi connectivity index (χ2n) is 7.23. The average molecular weight is 494 g/mol. The first-order chi connectivity index (χ1) is 16.4. The standard InChI is InChI=1S/C25H17Cl2N3O4/c26-19-5-2-17(21(27)11-19)13-29-24(31)16-3-6-20(7-4-16)30-25(32)18(12-28)9-15-1-8-22-23(10-15)34-14-33-22/h1-11H,13-14H2,(H,29,31)(H,30,32)/b18-9+. The molecule has 3 aromatic carbocycles. The van der Waals surface area contributed by atoms with Gasteiger partial charge in [-0.1, -0.05) is 35.3 Å². The van der Waals surface area contributed by atoms with E-state index in [-0.39, 0.29) is 24.8 Å². The number of hydrogen-bond donors (Lipinski definition) is 2. The van der Waals surface area contributed by atoms with Gasteiger partial charge in [0.15, 0.2) is 11.5 Å². The molecule has 0 aliphatic carbocycles. The van der Waals surface area contributed by atoms with Crippen molar-refractivity contribution >= 4 is 46.8 Å². The first-order valence-corrected chi connectivity index (χ1v) is 10.8. The quantitative estimate of drug-likeness (QED) is 0.363. The Balaban J connectivity index is 1.38. The number of rotatable bonds is 6. The number of hydrogen-bond acceptors (Lipinski definition) is 5. The number of halogens is 2. The Hall–Kier alpha value is -3.99. The molecule has 0 saturated heterocycles. The number of carbonyl (C=O) groups excluding carboxylic acids is 2. The van der Waals surface area contributed by atoms with E-state index < -0.39 is 5.91 Å². The molecule has 7 nitrogen and oxygen atoms in total. The van der Waals surface area contributed by atoms with Crippen LogP contribution in [-0.4, -0.2) is 18.6 Å². The Morgan fingerprint density at radius 3 is 2.50 bits per heavy atom. The average Bonchev–Trinajstić information content (AvgIpc) is 3.30. The van der Waals surface area contributed by atoms with Crippen molar-refractivity contribution < 1.29 is 19.1 Å². The normalized spacial score (nSPS) is 12.1. The zero-order chi connectivity index (χ0) is 24.1. The van der Waals surface area contributed by atoms with E-state index in [9.17, 15) is 14.9 Å². The Bertz CT molecular complexity index is 1330. The van der Waals surface area contributed by atoms with Crippen LogP contribution in [0.15, 0.2) is 66.2 Å². The molecule has 0 saturated carbocycles. The van der Waals surface area contributed by atoms with Gasteiger partial charge in [-0.2, -0.15) is 5.26 Å². The van der Waals surface area contributed by atoms with Crippen molar-refractivity contribution in [1.29, 1.82) is 5.26 Å². The van der Waals surface area contributed by atoms with Crippen molar-refractivity contribution in [2.45, 2.75) is 6.54 Å². The number of amides is 2. The molecule has 0 atom stereocenters. The molecule has 34 heavy (non-hydrogen) atoms. The predicted octanol–water partition coefficient (Wildman–Crippen LogP) is 5.20. The van der Waals surface area contributed by atoms with Gasteiger partial charge in [-0.3, -0.25) is 9.59 Å². The zero-order valence-electron chi connectivity index (χ0n) is 17.6. The summed E-state index contributed by atoms with van der Waals surface area (Å²) in [5.41, 5.74) is 2.12. The summed E-state index contributed by atoms with van der Waals surface area (Å²) in [5, 5.41) is 15.8. The minimum atomic E-state index is -0.574. The molecule has 0 aromatic heterocycles. The highest BCUT2D eigenvalue weighted by Gasteiger charge is 2.15. The van der Waals surface area contributed by atoms with E-state index in [0.29, 0.717) is 38.4 Å². The van der Waals surface area contributed by atoms with E-state index in [4.69, 9.17) is 32.7 Å². The molecule has 2 amide bonds. The lowest BCUT2D eigenvalue weighted by Crippen LogP contribution is -2.23. The van der Waals surface area contributed by atoms with E-state index in [1.165, 1.54) is 6.08 Å². The van der Waals surface area contributed by atoms with Crippen molar-refractivity contribution in [2.24, 2.45) is 0 Å². The van der Waals surface area contributed by atoms with E-state index in [1.807, 2.05) is 6.07 Å². The van der Waals surface area contributed by atoms with Crippen LogP contribution in [0.1, 0.15) is 21.5 Å². The van der Waals surface area contributed by atoms with Crippen LogP contribution in [0.3, 0.4) is 0 Å². The number of ether oxygens (including phenoxy) is 2. The van der Waals surface area contributed by atoms with Crippen LogP contribution in [0.25, 0.3) is 6.08 Å². The summed E-state index contributed by atoms with van der Waals surface area (Å²) in [6, 6.07) is 18.4. The van der Waals surface area contributed by atoms with Crippen LogP contribution in [0, 0.1) is 11.3 Å². The number of fused-ring (bicyclic) bond motifs is 1. The summed E-state index contributed by atoms with van der Waals surface area (Å²) < 4.78 is 10.6. The van der Waals surface area contributed by atoms with Gasteiger partial charge in [0, 0.05) is 27.8 Å². The highest BCUT2D eigenvalue weighted by atomic mass is 35.5. The van der Waals surface area contributed by atoms with Gasteiger partial charge in [0.25, 0.3) is 11.8 Å². The molecule has 2 N–H and O–H groups in total. The number of benzene rings is 3. The maximum absolute atomic E-state index is 12.6. The summed E-state index contributed by atoms with van der Waals surface area (Å²) in [7, 11) is 0. The smallest absolute Gasteiger partial charge is 0.266 e. The number of carbonyl (C=O) groups is 2. The topological polar surface area (TPSA) is 100 Å². The monoisotopic (exact) mass is 493 g/mol. The van der Waals surface area contributed by atoms with Crippen LogP contribution in [0.2, 0.25) is 10.0 Å². The van der Waals surface area contributed by atoms with E-state index in [2.05, 4.69) is 10.6 Å². The van der Waals surface area contributed by atoms with Gasteiger partial charge in [-0.25, -0.2) is 0 Å². The summed E-state index contributed by atoms with van der Waals surface area (Å²) in [6.45, 7) is 0.375. The Kier molecular flexibility index (Phi) is 7.02. The molecular weight excluding hydrogens is 477 g/mol. The maximum Gasteiger partial charge on any atom is 0.266 e. The molecule has 0 spiro atoms. The molecule has 1 heterocycles. The Morgan fingerprint density at radius 1 is 1.00 bits per heavy atom. The van der Waals surface area contributed by atoms with Gasteiger partial charge >= 0.3 is 0 Å². The third kappa shape index (κ3) is 5.49. The van der Waals surface area contributed by atoms with Crippen LogP contribution in [-0.2, 0) is 11.3 Å². The fourth-order valence-corrected chi connectivity index (χ4v) is 3.64. The second-order valence-corrected chi connectivity index (χ2v) is 8.08. The minimum absolute atomic E-state index is 0.0828. The first kappa shape index (κ1) is 23.2. The first-order valence-electron chi connectivity index (χ1n) is 10.1. The van der Waals surface area contributed by atoms with Gasteiger partial charge < -0.3 is 20.1 Å². The highest BCUT2D eigenvalue weighted by Crippen LogP contribution is 2.33. The van der Waals surface area contributed by atoms with Crippen LogP contribution >= 0.6 is 23.2 Å². The van der Waals surface area contributed by atoms with Gasteiger partial charge in [0.05, 0.1) is 0 Å².